The fraction of sp³-hybridized carbons (Fsp3) is 0.304. The van der Waals surface area contributed by atoms with Crippen LogP contribution >= 0.6 is 0 Å². The van der Waals surface area contributed by atoms with Crippen molar-refractivity contribution >= 4 is 6.03 Å². The number of nitrogens with one attached hydrogen (secondary N) is 2. The summed E-state index contributed by atoms with van der Waals surface area (Å²) in [5.41, 5.74) is 2.68. The molecule has 2 N–H and O–H groups in total. The number of carbonyl (C=O) groups excluding carboxylic acids is 1. The monoisotopic (exact) mass is 425 g/mol. The largest absolute Gasteiger partial charge is 0.335 e. The quantitative estimate of drug-likeness (QED) is 0.634. The van der Waals surface area contributed by atoms with E-state index in [0.29, 0.717) is 13.1 Å². The summed E-state index contributed by atoms with van der Waals surface area (Å²) in [7, 11) is 0. The number of hydrogen-bond donors (Lipinski definition) is 2. The van der Waals surface area contributed by atoms with E-state index >= 15 is 0 Å². The van der Waals surface area contributed by atoms with Gasteiger partial charge in [0.2, 0.25) is 0 Å². The highest BCUT2D eigenvalue weighted by Gasteiger charge is 2.21. The normalized spacial score (nSPS) is 15.0. The minimum atomic E-state index is -0.828. The summed E-state index contributed by atoms with van der Waals surface area (Å²) in [6, 6.07) is 13.6. The van der Waals surface area contributed by atoms with Crippen LogP contribution in [0.5, 0.6) is 0 Å². The first kappa shape index (κ1) is 21.0. The lowest BCUT2D eigenvalue weighted by Gasteiger charge is -2.32. The van der Waals surface area contributed by atoms with Gasteiger partial charge in [-0.15, -0.1) is 0 Å². The summed E-state index contributed by atoms with van der Waals surface area (Å²) in [5, 5.41) is 10.2. The molecule has 8 heteroatoms. The zero-order valence-corrected chi connectivity index (χ0v) is 17.1. The molecule has 2 amide bonds. The van der Waals surface area contributed by atoms with Crippen LogP contribution in [0.15, 0.2) is 60.9 Å². The fourth-order valence-electron chi connectivity index (χ4n) is 3.78. The third-order valence-electron chi connectivity index (χ3n) is 5.45. The lowest BCUT2D eigenvalue weighted by atomic mass is 10.0. The second kappa shape index (κ2) is 9.70. The molecule has 2 aromatic carbocycles. The summed E-state index contributed by atoms with van der Waals surface area (Å²) < 4.78 is 28.2. The highest BCUT2D eigenvalue weighted by Crippen LogP contribution is 2.16. The van der Waals surface area contributed by atoms with E-state index in [2.05, 4.69) is 20.6 Å². The molecule has 31 heavy (non-hydrogen) atoms. The minimum Gasteiger partial charge on any atom is -0.335 e. The maximum absolute atomic E-state index is 13.4. The minimum absolute atomic E-state index is 0.0941. The van der Waals surface area contributed by atoms with Crippen LogP contribution in [0.3, 0.4) is 0 Å². The van der Waals surface area contributed by atoms with Gasteiger partial charge in [0.05, 0.1) is 5.69 Å². The standard InChI is InChI=1S/C23H25F2N5O/c24-21-6-5-18(14-22(21)25)16-29-11-7-19(8-12-29)28-23(31)26-15-17-3-1-4-20(13-17)30-10-2-9-27-30/h1-6,9-10,13-14,19H,7-8,11-12,15-16H2,(H2,26,28,31). The topological polar surface area (TPSA) is 62.2 Å². The molecule has 2 heterocycles. The van der Waals surface area contributed by atoms with E-state index in [4.69, 9.17) is 0 Å². The number of hydrogen-bond acceptors (Lipinski definition) is 3. The molecule has 3 aromatic rings. The van der Waals surface area contributed by atoms with Crippen molar-refractivity contribution in [3.8, 4) is 5.69 Å². The van der Waals surface area contributed by atoms with Gasteiger partial charge >= 0.3 is 6.03 Å². The van der Waals surface area contributed by atoms with Gasteiger partial charge in [-0.1, -0.05) is 18.2 Å². The zero-order chi connectivity index (χ0) is 21.6. The Balaban J connectivity index is 1.20. The van der Waals surface area contributed by atoms with E-state index < -0.39 is 11.6 Å². The van der Waals surface area contributed by atoms with Gasteiger partial charge in [0.1, 0.15) is 0 Å². The second-order valence-electron chi connectivity index (χ2n) is 7.75. The highest BCUT2D eigenvalue weighted by molar-refractivity contribution is 5.74. The number of piperidine rings is 1. The van der Waals surface area contributed by atoms with Crippen molar-refractivity contribution in [3.63, 3.8) is 0 Å². The number of carbonyl (C=O) groups is 1. The highest BCUT2D eigenvalue weighted by atomic mass is 19.2. The third kappa shape index (κ3) is 5.67. The number of aromatic nitrogens is 2. The van der Waals surface area contributed by atoms with Crippen molar-refractivity contribution in [3.05, 3.63) is 83.7 Å². The summed E-state index contributed by atoms with van der Waals surface area (Å²) >= 11 is 0. The van der Waals surface area contributed by atoms with Crippen LogP contribution in [0.4, 0.5) is 13.6 Å². The van der Waals surface area contributed by atoms with Gasteiger partial charge < -0.3 is 10.6 Å². The van der Waals surface area contributed by atoms with Crippen molar-refractivity contribution in [2.24, 2.45) is 0 Å². The van der Waals surface area contributed by atoms with Crippen molar-refractivity contribution in [1.82, 2.24) is 25.3 Å². The average Bonchev–Trinajstić information content (AvgIpc) is 3.32. The van der Waals surface area contributed by atoms with Crippen LogP contribution in [-0.2, 0) is 13.1 Å². The Bertz CT molecular complexity index is 1020. The number of amides is 2. The van der Waals surface area contributed by atoms with Crippen LogP contribution in [0.1, 0.15) is 24.0 Å². The van der Waals surface area contributed by atoms with Gasteiger partial charge in [-0.2, -0.15) is 5.10 Å². The Labute approximate surface area is 179 Å². The Kier molecular flexibility index (Phi) is 6.57. The Morgan fingerprint density at radius 1 is 1.03 bits per heavy atom. The Morgan fingerprint density at radius 2 is 1.87 bits per heavy atom. The van der Waals surface area contributed by atoms with Gasteiger partial charge in [0.15, 0.2) is 11.6 Å². The smallest absolute Gasteiger partial charge is 0.315 e. The summed E-state index contributed by atoms with van der Waals surface area (Å²) in [4.78, 5) is 14.5. The van der Waals surface area contributed by atoms with Crippen LogP contribution < -0.4 is 10.6 Å². The fourth-order valence-corrected chi connectivity index (χ4v) is 3.78. The van der Waals surface area contributed by atoms with Crippen molar-refractivity contribution in [1.29, 1.82) is 0 Å². The van der Waals surface area contributed by atoms with E-state index in [-0.39, 0.29) is 12.1 Å². The number of benzene rings is 2. The van der Waals surface area contributed by atoms with Gasteiger partial charge in [0, 0.05) is 44.6 Å². The molecule has 0 radical (unpaired) electrons. The first-order valence-electron chi connectivity index (χ1n) is 10.4. The first-order valence-corrected chi connectivity index (χ1v) is 10.4. The molecule has 0 bridgehead atoms. The van der Waals surface area contributed by atoms with E-state index in [0.717, 1.165) is 48.8 Å². The molecule has 162 valence electrons. The summed E-state index contributed by atoms with van der Waals surface area (Å²) in [5.74, 6) is -1.65. The van der Waals surface area contributed by atoms with Crippen LogP contribution in [0.2, 0.25) is 0 Å². The van der Waals surface area contributed by atoms with E-state index in [9.17, 15) is 13.6 Å². The van der Waals surface area contributed by atoms with Gasteiger partial charge in [-0.3, -0.25) is 4.90 Å². The summed E-state index contributed by atoms with van der Waals surface area (Å²) in [6.45, 7) is 2.57. The lowest BCUT2D eigenvalue weighted by molar-refractivity contribution is 0.186. The first-order chi connectivity index (χ1) is 15.1. The van der Waals surface area contributed by atoms with Crippen molar-refractivity contribution in [2.45, 2.75) is 32.0 Å². The summed E-state index contributed by atoms with van der Waals surface area (Å²) in [6.07, 6.45) is 5.22. The van der Waals surface area contributed by atoms with Crippen LogP contribution in [0.25, 0.3) is 5.69 Å². The van der Waals surface area contributed by atoms with E-state index in [1.165, 1.54) is 6.07 Å². The maximum Gasteiger partial charge on any atom is 0.315 e. The van der Waals surface area contributed by atoms with E-state index in [1.807, 2.05) is 36.5 Å². The van der Waals surface area contributed by atoms with Crippen LogP contribution in [0, 0.1) is 11.6 Å². The number of rotatable bonds is 6. The molecule has 0 unspecified atom stereocenters. The molecular weight excluding hydrogens is 400 g/mol. The zero-order valence-electron chi connectivity index (χ0n) is 17.1. The molecule has 0 atom stereocenters. The molecule has 6 nitrogen and oxygen atoms in total. The molecule has 0 aliphatic carbocycles. The van der Waals surface area contributed by atoms with Crippen LogP contribution in [-0.4, -0.2) is 39.8 Å². The third-order valence-corrected chi connectivity index (χ3v) is 5.45. The van der Waals surface area contributed by atoms with E-state index in [1.54, 1.807) is 16.9 Å². The predicted octanol–water partition coefficient (Wildman–Crippen LogP) is 3.61. The van der Waals surface area contributed by atoms with Gasteiger partial charge in [0.25, 0.3) is 0 Å². The van der Waals surface area contributed by atoms with Crippen molar-refractivity contribution < 1.29 is 13.6 Å². The Morgan fingerprint density at radius 3 is 2.61 bits per heavy atom. The predicted molar refractivity (Wildman–Crippen MR) is 114 cm³/mol. The molecule has 4 rings (SSSR count). The number of halogens is 2. The molecule has 1 fully saturated rings. The average molecular weight is 425 g/mol. The molecule has 1 saturated heterocycles. The SMILES string of the molecule is O=C(NCc1cccc(-n2cccn2)c1)NC1CCN(Cc2ccc(F)c(F)c2)CC1. The number of nitrogens with zero attached hydrogens (tertiary/aromatic N) is 3. The molecule has 1 aliphatic rings. The van der Waals surface area contributed by atoms with Gasteiger partial charge in [-0.25, -0.2) is 18.3 Å². The second-order valence-corrected chi connectivity index (χ2v) is 7.75. The van der Waals surface area contributed by atoms with Gasteiger partial charge in [-0.05, 0) is 54.3 Å². The number of likely N-dealkylation sites (tertiary alicyclic amines) is 1. The molecule has 1 aliphatic heterocycles. The number of urea groups is 1. The molecular formula is C23H25F2N5O. The maximum atomic E-state index is 13.4. The molecule has 1 aromatic heterocycles. The molecule has 0 spiro atoms. The lowest BCUT2D eigenvalue weighted by Crippen LogP contribution is -2.47. The molecule has 0 saturated carbocycles. The van der Waals surface area contributed by atoms with Crippen molar-refractivity contribution in [2.75, 3.05) is 13.1 Å². The Hall–Kier alpha value is -3.26.